The predicted octanol–water partition coefficient (Wildman–Crippen LogP) is 5.04. The van der Waals surface area contributed by atoms with Crippen molar-refractivity contribution in [1.29, 1.82) is 0 Å². The third kappa shape index (κ3) is 6.66. The number of benzene rings is 1. The molecule has 2 aliphatic carbocycles. The van der Waals surface area contributed by atoms with Gasteiger partial charge in [0.05, 0.1) is 12.3 Å². The summed E-state index contributed by atoms with van der Waals surface area (Å²) in [5.74, 6) is 0.303. The average Bonchev–Trinajstić information content (AvgIpc) is 3.73. The number of nitrogens with zero attached hydrogens (tertiary/aromatic N) is 1. The Labute approximate surface area is 221 Å². The van der Waals surface area contributed by atoms with Gasteiger partial charge in [0.1, 0.15) is 24.0 Å². The van der Waals surface area contributed by atoms with Gasteiger partial charge in [0.25, 0.3) is 0 Å². The van der Waals surface area contributed by atoms with Crippen LogP contribution in [0.5, 0.6) is 0 Å². The van der Waals surface area contributed by atoms with E-state index in [-0.39, 0.29) is 36.6 Å². The fourth-order valence-corrected chi connectivity index (χ4v) is 4.36. The summed E-state index contributed by atoms with van der Waals surface area (Å²) in [6, 6.07) is 6.19. The Hall–Kier alpha value is -3.98. The molecule has 0 radical (unpaired) electrons. The number of nitrogens with one attached hydrogen (secondary N) is 3. The second kappa shape index (κ2) is 12.0. The summed E-state index contributed by atoms with van der Waals surface area (Å²) in [5.41, 5.74) is 3.91. The van der Waals surface area contributed by atoms with Crippen LogP contribution in [0.25, 0.3) is 5.57 Å². The highest BCUT2D eigenvalue weighted by atomic mass is 19.1. The van der Waals surface area contributed by atoms with Crippen molar-refractivity contribution in [3.63, 3.8) is 0 Å². The number of ether oxygens (including phenoxy) is 1. The molecule has 4 N–H and O–H groups in total. The highest BCUT2D eigenvalue weighted by Crippen LogP contribution is 2.39. The summed E-state index contributed by atoms with van der Waals surface area (Å²) in [6.07, 6.45) is 7.73. The predicted molar refractivity (Wildman–Crippen MR) is 145 cm³/mol. The van der Waals surface area contributed by atoms with Crippen LogP contribution in [0.2, 0.25) is 0 Å². The van der Waals surface area contributed by atoms with Gasteiger partial charge in [-0.1, -0.05) is 18.2 Å². The topological polar surface area (TPSA) is 113 Å². The Balaban J connectivity index is 1.73. The lowest BCUT2D eigenvalue weighted by molar-refractivity contribution is -0.117. The molecular formula is C29H33FN4O4. The molecule has 4 rings (SSSR count). The lowest BCUT2D eigenvalue weighted by atomic mass is 9.88. The van der Waals surface area contributed by atoms with Crippen molar-refractivity contribution in [3.05, 3.63) is 83.0 Å². The molecule has 1 heterocycles. The van der Waals surface area contributed by atoms with Crippen LogP contribution < -0.4 is 16.0 Å². The number of aromatic nitrogens is 1. The van der Waals surface area contributed by atoms with Crippen molar-refractivity contribution in [2.75, 3.05) is 30.4 Å². The first-order valence-electron chi connectivity index (χ1n) is 12.7. The summed E-state index contributed by atoms with van der Waals surface area (Å²) in [4.78, 5) is 28.7. The van der Waals surface area contributed by atoms with Crippen LogP contribution in [0.1, 0.15) is 48.8 Å². The number of amides is 3. The molecular weight excluding hydrogens is 487 g/mol. The molecule has 1 saturated carbocycles. The third-order valence-corrected chi connectivity index (χ3v) is 6.44. The minimum absolute atomic E-state index is 0.0268. The van der Waals surface area contributed by atoms with E-state index in [9.17, 15) is 19.1 Å². The van der Waals surface area contributed by atoms with Gasteiger partial charge < -0.3 is 25.8 Å². The molecule has 1 fully saturated rings. The smallest absolute Gasteiger partial charge is 0.319 e. The van der Waals surface area contributed by atoms with E-state index >= 15 is 0 Å². The molecule has 0 spiro atoms. The molecule has 1 atom stereocenters. The third-order valence-electron chi connectivity index (χ3n) is 6.44. The van der Waals surface area contributed by atoms with E-state index < -0.39 is 11.8 Å². The molecule has 1 unspecified atom stereocenters. The summed E-state index contributed by atoms with van der Waals surface area (Å²) in [5, 5.41) is 17.4. The van der Waals surface area contributed by atoms with Gasteiger partial charge in [0.2, 0.25) is 5.91 Å². The first-order chi connectivity index (χ1) is 18.3. The average molecular weight is 521 g/mol. The zero-order valence-corrected chi connectivity index (χ0v) is 21.6. The molecule has 0 aliphatic heterocycles. The first-order valence-corrected chi connectivity index (χ1v) is 12.7. The lowest BCUT2D eigenvalue weighted by Crippen LogP contribution is -2.28. The molecule has 0 bridgehead atoms. The number of carbonyl (C=O) groups excluding carboxylic acids is 2. The van der Waals surface area contributed by atoms with E-state index in [1.165, 1.54) is 6.07 Å². The Morgan fingerprint density at radius 1 is 1.24 bits per heavy atom. The van der Waals surface area contributed by atoms with Crippen molar-refractivity contribution < 1.29 is 23.8 Å². The van der Waals surface area contributed by atoms with Gasteiger partial charge in [-0.25, -0.2) is 14.2 Å². The minimum atomic E-state index is -0.543. The van der Waals surface area contributed by atoms with E-state index in [0.717, 1.165) is 29.6 Å². The number of rotatable bonds is 9. The summed E-state index contributed by atoms with van der Waals surface area (Å²) in [6.45, 7) is 8.26. The summed E-state index contributed by atoms with van der Waals surface area (Å²) < 4.78 is 20.6. The number of halogens is 1. The second-order valence-corrected chi connectivity index (χ2v) is 9.49. The molecule has 38 heavy (non-hydrogen) atoms. The highest BCUT2D eigenvalue weighted by molar-refractivity contribution is 5.93. The summed E-state index contributed by atoms with van der Waals surface area (Å²) in [7, 11) is 0. The Morgan fingerprint density at radius 2 is 2.03 bits per heavy atom. The number of hydrogen-bond donors (Lipinski definition) is 4. The molecule has 8 nitrogen and oxygen atoms in total. The number of anilines is 2. The monoisotopic (exact) mass is 520 g/mol. The number of aliphatic hydroxyl groups is 1. The van der Waals surface area contributed by atoms with Gasteiger partial charge in [-0.15, -0.1) is 0 Å². The fraction of sp³-hybridized carbons (Fsp3) is 0.345. The van der Waals surface area contributed by atoms with Gasteiger partial charge in [0.15, 0.2) is 0 Å². The van der Waals surface area contributed by atoms with Crippen molar-refractivity contribution >= 4 is 29.0 Å². The van der Waals surface area contributed by atoms with Crippen LogP contribution in [0.15, 0.2) is 60.5 Å². The zero-order valence-electron chi connectivity index (χ0n) is 21.6. The number of hydrogen-bond acceptors (Lipinski definition) is 5. The maximum absolute atomic E-state index is 14.7. The van der Waals surface area contributed by atoms with E-state index in [4.69, 9.17) is 4.74 Å². The molecule has 1 aromatic heterocycles. The maximum atomic E-state index is 14.7. The van der Waals surface area contributed by atoms with Crippen molar-refractivity contribution in [1.82, 2.24) is 10.3 Å². The Bertz CT molecular complexity index is 1300. The van der Waals surface area contributed by atoms with Crippen molar-refractivity contribution in [2.24, 2.45) is 5.92 Å². The standard InChI is InChI=1S/C29H33FN4O4/c1-4-31-29(37)33-26-16-24(18(3)12-25(26)30)21-13-22(38-10-9-35)11-17(2)23(14-21)20-7-8-32-27(15-20)34-28(36)19-5-6-19/h7-8,12-16,19,23,35H,2,4-6,9-11H2,1,3H3,(H2,31,33,37)(H,32,34,36). The van der Waals surface area contributed by atoms with E-state index in [2.05, 4.69) is 27.5 Å². The normalized spacial score (nSPS) is 17.2. The van der Waals surface area contributed by atoms with E-state index in [1.54, 1.807) is 26.1 Å². The molecule has 2 aromatic rings. The fourth-order valence-electron chi connectivity index (χ4n) is 4.36. The van der Waals surface area contributed by atoms with Gasteiger partial charge in [-0.05, 0) is 79.3 Å². The second-order valence-electron chi connectivity index (χ2n) is 9.49. The van der Waals surface area contributed by atoms with Gasteiger partial charge in [-0.3, -0.25) is 4.79 Å². The van der Waals surface area contributed by atoms with E-state index in [1.807, 2.05) is 24.3 Å². The Morgan fingerprint density at radius 3 is 2.74 bits per heavy atom. The van der Waals surface area contributed by atoms with Gasteiger partial charge in [-0.2, -0.15) is 0 Å². The van der Waals surface area contributed by atoms with E-state index in [0.29, 0.717) is 35.7 Å². The summed E-state index contributed by atoms with van der Waals surface area (Å²) >= 11 is 0. The number of aliphatic hydroxyl groups excluding tert-OH is 1. The highest BCUT2D eigenvalue weighted by Gasteiger charge is 2.30. The van der Waals surface area contributed by atoms with Crippen LogP contribution in [0, 0.1) is 18.7 Å². The van der Waals surface area contributed by atoms with Crippen LogP contribution in [0.3, 0.4) is 0 Å². The molecule has 1 aromatic carbocycles. The number of allylic oxidation sites excluding steroid dienone is 4. The lowest BCUT2D eigenvalue weighted by Gasteiger charge is -2.18. The van der Waals surface area contributed by atoms with Crippen LogP contribution in [-0.2, 0) is 9.53 Å². The molecule has 2 aliphatic rings. The number of aryl methyl sites for hydroxylation is 1. The van der Waals surface area contributed by atoms with Crippen LogP contribution in [-0.4, -0.2) is 41.8 Å². The largest absolute Gasteiger partial charge is 0.495 e. The van der Waals surface area contributed by atoms with Crippen molar-refractivity contribution in [2.45, 2.75) is 39.0 Å². The minimum Gasteiger partial charge on any atom is -0.495 e. The molecule has 3 amide bonds. The van der Waals surface area contributed by atoms with Crippen LogP contribution >= 0.6 is 0 Å². The SMILES string of the molecule is C=C1CC(OCCO)=CC(c2cc(NC(=O)NCC)c(F)cc2C)=CC1c1ccnc(NC(=O)C2CC2)c1. The van der Waals surface area contributed by atoms with Gasteiger partial charge in [0, 0.05) is 31.0 Å². The van der Waals surface area contributed by atoms with Crippen molar-refractivity contribution in [3.8, 4) is 0 Å². The quantitative estimate of drug-likeness (QED) is 0.346. The van der Waals surface area contributed by atoms with Gasteiger partial charge >= 0.3 is 6.03 Å². The number of carbonyl (C=O) groups is 2. The molecule has 200 valence electrons. The maximum Gasteiger partial charge on any atom is 0.319 e. The molecule has 9 heteroatoms. The number of pyridine rings is 1. The molecule has 0 saturated heterocycles. The Kier molecular flexibility index (Phi) is 8.58. The zero-order chi connectivity index (χ0) is 27.2. The number of urea groups is 1. The first kappa shape index (κ1) is 27.1. The van der Waals surface area contributed by atoms with Crippen LogP contribution in [0.4, 0.5) is 20.7 Å².